The van der Waals surface area contributed by atoms with Crippen molar-refractivity contribution in [3.05, 3.63) is 0 Å². The van der Waals surface area contributed by atoms with Crippen LogP contribution in [0.3, 0.4) is 0 Å². The van der Waals surface area contributed by atoms with Crippen molar-refractivity contribution < 1.29 is 19.7 Å². The molecule has 0 saturated heterocycles. The quantitative estimate of drug-likeness (QED) is 0.271. The molecule has 0 rings (SSSR count). The summed E-state index contributed by atoms with van der Waals surface area (Å²) in [5.74, 6) is -0.530. The van der Waals surface area contributed by atoms with Gasteiger partial charge in [0.2, 0.25) is 0 Å². The largest absolute Gasteiger partial charge is 0.448 e. The second-order valence-corrected chi connectivity index (χ2v) is 2.83. The normalized spacial score (nSPS) is 15.6. The highest BCUT2D eigenvalue weighted by atomic mass is 79.9. The van der Waals surface area contributed by atoms with Gasteiger partial charge >= 0.3 is 5.97 Å². The molecule has 4 nitrogen and oxygen atoms in total. The van der Waals surface area contributed by atoms with Crippen LogP contribution in [0.4, 0.5) is 0 Å². The Hall–Kier alpha value is 0.220. The first-order valence-corrected chi connectivity index (χ1v) is 4.48. The molecular weight excluding hydrogens is 236 g/mol. The number of carbonyl (C=O) groups excluding carboxylic acids is 1. The number of hydrogen-bond acceptors (Lipinski definition) is 5. The molecule has 0 aliphatic heterocycles. The lowest BCUT2D eigenvalue weighted by atomic mass is 10.4. The molecule has 66 valence electrons. The maximum absolute atomic E-state index is 10.5. The fraction of sp³-hybridized carbons (Fsp3) is 0.800. The van der Waals surface area contributed by atoms with Gasteiger partial charge in [0.25, 0.3) is 0 Å². The highest BCUT2D eigenvalue weighted by molar-refractivity contribution is 9.09. The molecule has 2 atom stereocenters. The fourth-order valence-electron chi connectivity index (χ4n) is 0.335. The van der Waals surface area contributed by atoms with Crippen molar-refractivity contribution in [1.82, 2.24) is 0 Å². The summed E-state index contributed by atoms with van der Waals surface area (Å²) in [5, 5.41) is 17.3. The summed E-state index contributed by atoms with van der Waals surface area (Å²) < 4.78 is 4.52. The van der Waals surface area contributed by atoms with Crippen LogP contribution in [0.15, 0.2) is 0 Å². The summed E-state index contributed by atoms with van der Waals surface area (Å²) in [7, 11) is 0. The Balaban J connectivity index is 3.67. The second kappa shape index (κ2) is 5.82. The molecule has 2 unspecified atom stereocenters. The van der Waals surface area contributed by atoms with Gasteiger partial charge in [-0.15, -0.1) is 12.6 Å². The van der Waals surface area contributed by atoms with Crippen LogP contribution in [-0.4, -0.2) is 39.7 Å². The lowest BCUT2D eigenvalue weighted by molar-refractivity contribution is -0.146. The molecule has 0 bridgehead atoms. The third kappa shape index (κ3) is 4.62. The standard InChI is InChI=1S/C5H9BrO4S/c6-1-4(9)10-5(11)3(8)2-7/h3,5,7-8,11H,1-2H2. The van der Waals surface area contributed by atoms with Gasteiger partial charge in [-0.05, 0) is 0 Å². The van der Waals surface area contributed by atoms with Gasteiger partial charge in [-0.3, -0.25) is 4.79 Å². The van der Waals surface area contributed by atoms with Gasteiger partial charge in [0.15, 0.2) is 5.44 Å². The molecular formula is C5H9BrO4S. The molecule has 0 saturated carbocycles. The summed E-state index contributed by atoms with van der Waals surface area (Å²) in [6.07, 6.45) is -1.14. The number of thiol groups is 1. The Labute approximate surface area is 78.1 Å². The molecule has 0 amide bonds. The maximum atomic E-state index is 10.5. The van der Waals surface area contributed by atoms with Crippen molar-refractivity contribution in [1.29, 1.82) is 0 Å². The van der Waals surface area contributed by atoms with E-state index in [1.165, 1.54) is 0 Å². The van der Waals surface area contributed by atoms with Crippen molar-refractivity contribution >= 4 is 34.5 Å². The highest BCUT2D eigenvalue weighted by Crippen LogP contribution is 2.04. The number of aliphatic hydroxyl groups excluding tert-OH is 2. The highest BCUT2D eigenvalue weighted by Gasteiger charge is 2.17. The predicted molar refractivity (Wildman–Crippen MR) is 45.8 cm³/mol. The Bertz CT molecular complexity index is 132. The van der Waals surface area contributed by atoms with Crippen LogP contribution in [0.25, 0.3) is 0 Å². The molecule has 0 aliphatic rings. The number of carbonyl (C=O) groups is 1. The maximum Gasteiger partial charge on any atom is 0.317 e. The third-order valence-corrected chi connectivity index (χ3v) is 1.78. The first kappa shape index (κ1) is 11.2. The lowest BCUT2D eigenvalue weighted by Crippen LogP contribution is -2.29. The zero-order chi connectivity index (χ0) is 8.85. The summed E-state index contributed by atoms with van der Waals surface area (Å²) in [5.41, 5.74) is -0.968. The van der Waals surface area contributed by atoms with Gasteiger partial charge in [-0.1, -0.05) is 15.9 Å². The molecule has 0 spiro atoms. The van der Waals surface area contributed by atoms with Crippen molar-refractivity contribution in [3.8, 4) is 0 Å². The average molecular weight is 245 g/mol. The summed E-state index contributed by atoms with van der Waals surface area (Å²) in [4.78, 5) is 10.5. The molecule has 0 aliphatic carbocycles. The smallest absolute Gasteiger partial charge is 0.317 e. The lowest BCUT2D eigenvalue weighted by Gasteiger charge is -2.15. The van der Waals surface area contributed by atoms with E-state index in [1.807, 2.05) is 0 Å². The van der Waals surface area contributed by atoms with E-state index in [1.54, 1.807) is 0 Å². The van der Waals surface area contributed by atoms with Crippen molar-refractivity contribution in [3.63, 3.8) is 0 Å². The second-order valence-electron chi connectivity index (χ2n) is 1.76. The van der Waals surface area contributed by atoms with Gasteiger partial charge in [0.1, 0.15) is 11.4 Å². The van der Waals surface area contributed by atoms with Crippen molar-refractivity contribution in [2.75, 3.05) is 11.9 Å². The van der Waals surface area contributed by atoms with E-state index in [0.29, 0.717) is 0 Å². The number of halogens is 1. The van der Waals surface area contributed by atoms with Crippen LogP contribution in [0, 0.1) is 0 Å². The van der Waals surface area contributed by atoms with E-state index in [-0.39, 0.29) is 5.33 Å². The zero-order valence-corrected chi connectivity index (χ0v) is 8.09. The van der Waals surface area contributed by atoms with Gasteiger partial charge in [-0.2, -0.15) is 0 Å². The minimum absolute atomic E-state index is 0.0439. The molecule has 0 fully saturated rings. The number of ether oxygens (including phenoxy) is 1. The summed E-state index contributed by atoms with van der Waals surface area (Å²) in [6.45, 7) is -0.482. The van der Waals surface area contributed by atoms with Gasteiger partial charge in [-0.25, -0.2) is 0 Å². The number of alkyl halides is 1. The topological polar surface area (TPSA) is 66.8 Å². The monoisotopic (exact) mass is 244 g/mol. The minimum atomic E-state index is -1.14. The summed E-state index contributed by atoms with van der Waals surface area (Å²) in [6, 6.07) is 0. The average Bonchev–Trinajstić information content (AvgIpc) is 2.02. The van der Waals surface area contributed by atoms with E-state index in [0.717, 1.165) is 0 Å². The Morgan fingerprint density at radius 1 is 1.73 bits per heavy atom. The van der Waals surface area contributed by atoms with Crippen molar-refractivity contribution in [2.45, 2.75) is 11.5 Å². The van der Waals surface area contributed by atoms with E-state index >= 15 is 0 Å². The SMILES string of the molecule is O=C(CBr)OC(S)C(O)CO. The third-order valence-electron chi connectivity index (χ3n) is 0.878. The first-order chi connectivity index (χ1) is 5.11. The van der Waals surface area contributed by atoms with Crippen LogP contribution in [0.1, 0.15) is 0 Å². The number of aliphatic hydroxyl groups is 2. The number of esters is 1. The summed E-state index contributed by atoms with van der Waals surface area (Å²) >= 11 is 6.59. The van der Waals surface area contributed by atoms with Gasteiger partial charge < -0.3 is 14.9 Å². The van der Waals surface area contributed by atoms with E-state index in [4.69, 9.17) is 10.2 Å². The van der Waals surface area contributed by atoms with E-state index in [2.05, 4.69) is 33.3 Å². The minimum Gasteiger partial charge on any atom is -0.448 e. The first-order valence-electron chi connectivity index (χ1n) is 2.84. The fourth-order valence-corrected chi connectivity index (χ4v) is 0.679. The Morgan fingerprint density at radius 2 is 2.27 bits per heavy atom. The molecule has 0 aromatic heterocycles. The van der Waals surface area contributed by atoms with Crippen LogP contribution in [0.5, 0.6) is 0 Å². The molecule has 0 aromatic carbocycles. The van der Waals surface area contributed by atoms with Crippen LogP contribution in [0.2, 0.25) is 0 Å². The Morgan fingerprint density at radius 3 is 2.64 bits per heavy atom. The Kier molecular flexibility index (Phi) is 5.93. The molecule has 11 heavy (non-hydrogen) atoms. The van der Waals surface area contributed by atoms with E-state index in [9.17, 15) is 4.79 Å². The molecule has 0 heterocycles. The molecule has 0 radical (unpaired) electrons. The number of hydrogen-bond donors (Lipinski definition) is 3. The number of rotatable bonds is 4. The van der Waals surface area contributed by atoms with Crippen LogP contribution < -0.4 is 0 Å². The molecule has 6 heteroatoms. The molecule has 0 aromatic rings. The van der Waals surface area contributed by atoms with Gasteiger partial charge in [0, 0.05) is 0 Å². The van der Waals surface area contributed by atoms with Crippen LogP contribution in [-0.2, 0) is 9.53 Å². The van der Waals surface area contributed by atoms with E-state index < -0.39 is 24.1 Å². The molecule has 2 N–H and O–H groups in total. The van der Waals surface area contributed by atoms with Gasteiger partial charge in [0.05, 0.1) is 6.61 Å². The predicted octanol–water partition coefficient (Wildman–Crippen LogP) is -0.466. The van der Waals surface area contributed by atoms with Crippen LogP contribution >= 0.6 is 28.6 Å². The van der Waals surface area contributed by atoms with Crippen molar-refractivity contribution in [2.24, 2.45) is 0 Å². The zero-order valence-electron chi connectivity index (χ0n) is 5.61.